The van der Waals surface area contributed by atoms with Crippen molar-refractivity contribution in [1.82, 2.24) is 0 Å². The van der Waals surface area contributed by atoms with Gasteiger partial charge in [-0.3, -0.25) is 4.79 Å². The molecule has 4 nitrogen and oxygen atoms in total. The summed E-state index contributed by atoms with van der Waals surface area (Å²) in [6, 6.07) is 0. The lowest BCUT2D eigenvalue weighted by atomic mass is 9.87. The van der Waals surface area contributed by atoms with Crippen LogP contribution in [0.15, 0.2) is 36.5 Å². The van der Waals surface area contributed by atoms with Gasteiger partial charge in [-0.2, -0.15) is 0 Å². The third-order valence-corrected chi connectivity index (χ3v) is 4.50. The smallest absolute Gasteiger partial charge is 0.217 e. The van der Waals surface area contributed by atoms with Crippen LogP contribution in [0.1, 0.15) is 64.2 Å². The zero-order valence-electron chi connectivity index (χ0n) is 14.7. The van der Waals surface area contributed by atoms with Gasteiger partial charge in [0, 0.05) is 18.9 Å². The third-order valence-electron chi connectivity index (χ3n) is 4.50. The molecule has 1 aliphatic carbocycles. The molecule has 4 N–H and O–H groups in total. The first-order valence-electron chi connectivity index (χ1n) is 9.20. The summed E-state index contributed by atoms with van der Waals surface area (Å²) in [4.78, 5) is 10.7. The van der Waals surface area contributed by atoms with Gasteiger partial charge >= 0.3 is 0 Å². The minimum absolute atomic E-state index is 0.190. The molecule has 1 aliphatic rings. The summed E-state index contributed by atoms with van der Waals surface area (Å²) in [6.07, 6.45) is 21.1. The van der Waals surface area contributed by atoms with Crippen LogP contribution in [0.3, 0.4) is 0 Å². The summed E-state index contributed by atoms with van der Waals surface area (Å²) in [7, 11) is 0. The topological polar surface area (TPSA) is 83.6 Å². The van der Waals surface area contributed by atoms with E-state index < -0.39 is 5.60 Å². The standard InChI is InChI=1S/C20H33NO3/c21-19(23)14-8-4-3-7-12-18-13-11-16-20(18,24)15-9-5-1-2-6-10-17-22/h3,7,9,11,15-16,18,22,24H,1-2,4-6,8,10,12-14,17H2,(H2,21,23)/t18-,20-/m1/s1. The molecule has 0 saturated carbocycles. The Bertz CT molecular complexity index is 442. The van der Waals surface area contributed by atoms with Gasteiger partial charge in [0.05, 0.1) is 0 Å². The molecule has 1 rings (SSSR count). The predicted molar refractivity (Wildman–Crippen MR) is 98.3 cm³/mol. The predicted octanol–water partition coefficient (Wildman–Crippen LogP) is 3.39. The molecular formula is C20H33NO3. The third kappa shape index (κ3) is 8.46. The zero-order chi connectivity index (χ0) is 17.7. The number of hydrogen-bond donors (Lipinski definition) is 3. The quantitative estimate of drug-likeness (QED) is 0.356. The number of allylic oxidation sites excluding steroid dienone is 4. The fourth-order valence-electron chi connectivity index (χ4n) is 2.99. The molecule has 4 heteroatoms. The molecule has 2 atom stereocenters. The van der Waals surface area contributed by atoms with Crippen molar-refractivity contribution in [2.24, 2.45) is 11.7 Å². The number of rotatable bonds is 13. The maximum Gasteiger partial charge on any atom is 0.217 e. The molecule has 24 heavy (non-hydrogen) atoms. The fraction of sp³-hybridized carbons (Fsp3) is 0.650. The Hall–Kier alpha value is -1.39. The van der Waals surface area contributed by atoms with Gasteiger partial charge in [-0.1, -0.05) is 49.3 Å². The highest BCUT2D eigenvalue weighted by atomic mass is 16.3. The first-order chi connectivity index (χ1) is 11.6. The number of carbonyl (C=O) groups is 1. The van der Waals surface area contributed by atoms with Crippen molar-refractivity contribution in [2.45, 2.75) is 69.8 Å². The van der Waals surface area contributed by atoms with Gasteiger partial charge in [0.1, 0.15) is 5.60 Å². The van der Waals surface area contributed by atoms with Crippen LogP contribution in [-0.4, -0.2) is 28.3 Å². The monoisotopic (exact) mass is 335 g/mol. The van der Waals surface area contributed by atoms with Gasteiger partial charge < -0.3 is 15.9 Å². The molecule has 136 valence electrons. The van der Waals surface area contributed by atoms with E-state index in [2.05, 4.69) is 24.3 Å². The van der Waals surface area contributed by atoms with Crippen molar-refractivity contribution in [1.29, 1.82) is 0 Å². The summed E-state index contributed by atoms with van der Waals surface area (Å²) < 4.78 is 0. The molecule has 0 radical (unpaired) electrons. The Morgan fingerprint density at radius 1 is 1.12 bits per heavy atom. The van der Waals surface area contributed by atoms with Crippen LogP contribution in [0.2, 0.25) is 0 Å². The number of nitrogens with two attached hydrogens (primary N) is 1. The zero-order valence-corrected chi connectivity index (χ0v) is 14.7. The van der Waals surface area contributed by atoms with Crippen LogP contribution in [0.25, 0.3) is 0 Å². The van der Waals surface area contributed by atoms with E-state index in [4.69, 9.17) is 10.8 Å². The number of aliphatic hydroxyl groups is 2. The molecule has 0 aliphatic heterocycles. The molecule has 0 aromatic heterocycles. The number of carbonyl (C=O) groups excluding carboxylic acids is 1. The van der Waals surface area contributed by atoms with Crippen LogP contribution in [0.4, 0.5) is 0 Å². The Labute approximate surface area is 146 Å². The number of hydrogen-bond acceptors (Lipinski definition) is 3. The molecule has 0 aromatic carbocycles. The second-order valence-corrected chi connectivity index (χ2v) is 6.62. The molecule has 0 spiro atoms. The highest BCUT2D eigenvalue weighted by molar-refractivity contribution is 5.73. The van der Waals surface area contributed by atoms with Crippen molar-refractivity contribution in [3.05, 3.63) is 36.5 Å². The average Bonchev–Trinajstić information content (AvgIpc) is 2.91. The highest BCUT2D eigenvalue weighted by Crippen LogP contribution is 2.34. The van der Waals surface area contributed by atoms with E-state index in [1.807, 2.05) is 12.2 Å². The number of amides is 1. The summed E-state index contributed by atoms with van der Waals surface area (Å²) >= 11 is 0. The van der Waals surface area contributed by atoms with Crippen LogP contribution in [-0.2, 0) is 4.79 Å². The van der Waals surface area contributed by atoms with E-state index in [0.29, 0.717) is 6.42 Å². The van der Waals surface area contributed by atoms with Gasteiger partial charge in [0.15, 0.2) is 0 Å². The van der Waals surface area contributed by atoms with Crippen LogP contribution >= 0.6 is 0 Å². The van der Waals surface area contributed by atoms with E-state index in [-0.39, 0.29) is 18.4 Å². The molecule has 0 heterocycles. The lowest BCUT2D eigenvalue weighted by molar-refractivity contribution is -0.118. The second-order valence-electron chi connectivity index (χ2n) is 6.62. The van der Waals surface area contributed by atoms with E-state index in [0.717, 1.165) is 57.8 Å². The summed E-state index contributed by atoms with van der Waals surface area (Å²) in [5.74, 6) is -0.0604. The Morgan fingerprint density at radius 2 is 1.88 bits per heavy atom. The lowest BCUT2D eigenvalue weighted by Crippen LogP contribution is -2.29. The summed E-state index contributed by atoms with van der Waals surface area (Å²) in [5.41, 5.74) is 4.28. The molecule has 1 amide bonds. The van der Waals surface area contributed by atoms with Crippen molar-refractivity contribution < 1.29 is 15.0 Å². The second kappa shape index (κ2) is 12.0. The maximum absolute atomic E-state index is 10.8. The molecule has 0 saturated heterocycles. The molecule has 0 aromatic rings. The SMILES string of the molecule is NC(=O)CCCC=CC[C@@H]1CC=C[C@]1(O)C=CCCCCCCO. The van der Waals surface area contributed by atoms with Crippen LogP contribution < -0.4 is 5.73 Å². The Kier molecular flexibility index (Phi) is 10.4. The maximum atomic E-state index is 10.8. The molecule has 0 bridgehead atoms. The molecule has 0 fully saturated rings. The normalized spacial score (nSPS) is 23.7. The first-order valence-corrected chi connectivity index (χ1v) is 9.20. The number of aliphatic hydroxyl groups excluding tert-OH is 1. The largest absolute Gasteiger partial charge is 0.396 e. The molecule has 0 unspecified atom stereocenters. The van der Waals surface area contributed by atoms with Gasteiger partial charge in [0.2, 0.25) is 5.91 Å². The Balaban J connectivity index is 2.27. The minimum atomic E-state index is -0.831. The lowest BCUT2D eigenvalue weighted by Gasteiger charge is -2.25. The van der Waals surface area contributed by atoms with Crippen molar-refractivity contribution in [2.75, 3.05) is 6.61 Å². The van der Waals surface area contributed by atoms with Gasteiger partial charge in [-0.15, -0.1) is 0 Å². The Morgan fingerprint density at radius 3 is 2.62 bits per heavy atom. The number of unbranched alkanes of at least 4 members (excludes halogenated alkanes) is 5. The summed E-state index contributed by atoms with van der Waals surface area (Å²) in [6.45, 7) is 0.276. The number of primary amides is 1. The summed E-state index contributed by atoms with van der Waals surface area (Å²) in [5, 5.41) is 19.5. The van der Waals surface area contributed by atoms with Gasteiger partial charge in [-0.25, -0.2) is 0 Å². The van der Waals surface area contributed by atoms with Crippen molar-refractivity contribution in [3.8, 4) is 0 Å². The minimum Gasteiger partial charge on any atom is -0.396 e. The fourth-order valence-corrected chi connectivity index (χ4v) is 2.99. The van der Waals surface area contributed by atoms with E-state index in [1.165, 1.54) is 0 Å². The van der Waals surface area contributed by atoms with Crippen molar-refractivity contribution >= 4 is 5.91 Å². The van der Waals surface area contributed by atoms with E-state index in [1.54, 1.807) is 0 Å². The van der Waals surface area contributed by atoms with Crippen LogP contribution in [0, 0.1) is 5.92 Å². The van der Waals surface area contributed by atoms with Gasteiger partial charge in [0.25, 0.3) is 0 Å². The molecular weight excluding hydrogens is 302 g/mol. The van der Waals surface area contributed by atoms with Crippen molar-refractivity contribution in [3.63, 3.8) is 0 Å². The first kappa shape index (κ1) is 20.7. The highest BCUT2D eigenvalue weighted by Gasteiger charge is 2.33. The van der Waals surface area contributed by atoms with Gasteiger partial charge in [-0.05, 0) is 44.9 Å². The van der Waals surface area contributed by atoms with E-state index in [9.17, 15) is 9.90 Å². The average molecular weight is 335 g/mol. The van der Waals surface area contributed by atoms with Crippen LogP contribution in [0.5, 0.6) is 0 Å². The van der Waals surface area contributed by atoms with E-state index >= 15 is 0 Å².